The first-order chi connectivity index (χ1) is 8.51. The fraction of sp³-hybridized carbons (Fsp3) is 0.462. The van der Waals surface area contributed by atoms with Crippen LogP contribution in [-0.4, -0.2) is 12.1 Å². The average molecular weight is 312 g/mol. The minimum atomic E-state index is -0.436. The molecule has 96 valence electrons. The molecule has 0 aromatic heterocycles. The predicted molar refractivity (Wildman–Crippen MR) is 72.6 cm³/mol. The third-order valence-electron chi connectivity index (χ3n) is 3.53. The molecule has 1 atom stereocenters. The van der Waals surface area contributed by atoms with E-state index in [1.165, 1.54) is 0 Å². The number of anilines is 1. The van der Waals surface area contributed by atoms with Gasteiger partial charge in [-0.2, -0.15) is 5.26 Å². The van der Waals surface area contributed by atoms with E-state index in [1.807, 2.05) is 13.0 Å². The van der Waals surface area contributed by atoms with Crippen LogP contribution in [0.15, 0.2) is 16.6 Å². The van der Waals surface area contributed by atoms with Crippen LogP contribution in [0.3, 0.4) is 0 Å². The molecule has 1 aromatic carbocycles. The lowest BCUT2D eigenvalue weighted by atomic mass is 9.95. The van der Waals surface area contributed by atoms with Gasteiger partial charge in [-0.05, 0) is 53.7 Å². The van der Waals surface area contributed by atoms with Gasteiger partial charge < -0.3 is 11.1 Å². The highest BCUT2D eigenvalue weighted by molar-refractivity contribution is 9.10. The lowest BCUT2D eigenvalue weighted by Gasteiger charge is -2.31. The first-order valence-corrected chi connectivity index (χ1v) is 6.67. The molecule has 1 aromatic rings. The molecule has 0 bridgehead atoms. The van der Waals surface area contributed by atoms with E-state index in [4.69, 9.17) is 11.0 Å². The van der Waals surface area contributed by atoms with E-state index in [0.29, 0.717) is 23.7 Å². The van der Waals surface area contributed by atoms with E-state index in [2.05, 4.69) is 21.2 Å². The van der Waals surface area contributed by atoms with E-state index in [1.54, 1.807) is 12.1 Å². The molecule has 0 saturated heterocycles. The van der Waals surface area contributed by atoms with Crippen LogP contribution in [0.2, 0.25) is 0 Å². The summed E-state index contributed by atoms with van der Waals surface area (Å²) < 4.78 is 14.3. The SMILES string of the molecule is CC(CN)(Nc1ccc(C#N)c(Br)c1F)C1CC1. The van der Waals surface area contributed by atoms with Crippen LogP contribution in [0, 0.1) is 23.1 Å². The Morgan fingerprint density at radius 2 is 2.28 bits per heavy atom. The first-order valence-electron chi connectivity index (χ1n) is 5.88. The Kier molecular flexibility index (Phi) is 3.60. The summed E-state index contributed by atoms with van der Waals surface area (Å²) in [5, 5.41) is 12.0. The zero-order valence-electron chi connectivity index (χ0n) is 10.1. The van der Waals surface area contributed by atoms with Crippen molar-refractivity contribution in [2.24, 2.45) is 11.7 Å². The Morgan fingerprint density at radius 3 is 2.78 bits per heavy atom. The van der Waals surface area contributed by atoms with Gasteiger partial charge in [0.1, 0.15) is 6.07 Å². The molecule has 0 amide bonds. The lowest BCUT2D eigenvalue weighted by molar-refractivity contribution is 0.455. The van der Waals surface area contributed by atoms with Crippen molar-refractivity contribution in [1.82, 2.24) is 0 Å². The Labute approximate surface area is 114 Å². The molecule has 0 spiro atoms. The number of hydrogen-bond donors (Lipinski definition) is 2. The molecule has 1 saturated carbocycles. The van der Waals surface area contributed by atoms with E-state index >= 15 is 0 Å². The second-order valence-electron chi connectivity index (χ2n) is 4.92. The van der Waals surface area contributed by atoms with Gasteiger partial charge >= 0.3 is 0 Å². The van der Waals surface area contributed by atoms with Gasteiger partial charge in [0.2, 0.25) is 0 Å². The van der Waals surface area contributed by atoms with Crippen LogP contribution in [-0.2, 0) is 0 Å². The topological polar surface area (TPSA) is 61.8 Å². The molecule has 3 nitrogen and oxygen atoms in total. The standard InChI is InChI=1S/C13H15BrFN3/c1-13(7-17,9-3-4-9)18-10-5-2-8(6-16)11(14)12(10)15/h2,5,9,18H,3-4,7,17H2,1H3. The Hall–Kier alpha value is -1.12. The van der Waals surface area contributed by atoms with Gasteiger partial charge in [0.15, 0.2) is 5.82 Å². The maximum Gasteiger partial charge on any atom is 0.161 e. The fourth-order valence-electron chi connectivity index (χ4n) is 2.08. The number of hydrogen-bond acceptors (Lipinski definition) is 3. The minimum Gasteiger partial charge on any atom is -0.376 e. The zero-order valence-corrected chi connectivity index (χ0v) is 11.7. The monoisotopic (exact) mass is 311 g/mol. The number of rotatable bonds is 4. The van der Waals surface area contributed by atoms with Crippen molar-refractivity contribution in [3.63, 3.8) is 0 Å². The Balaban J connectivity index is 2.30. The summed E-state index contributed by atoms with van der Waals surface area (Å²) in [5.41, 5.74) is 6.19. The number of nitrogens with zero attached hydrogens (tertiary/aromatic N) is 1. The van der Waals surface area contributed by atoms with Crippen LogP contribution >= 0.6 is 15.9 Å². The molecule has 0 radical (unpaired) electrons. The second kappa shape index (κ2) is 4.87. The molecule has 18 heavy (non-hydrogen) atoms. The summed E-state index contributed by atoms with van der Waals surface area (Å²) in [6, 6.07) is 5.12. The average Bonchev–Trinajstić information content (AvgIpc) is 3.20. The van der Waals surface area contributed by atoms with E-state index < -0.39 is 5.82 Å². The molecule has 0 heterocycles. The van der Waals surface area contributed by atoms with Crippen molar-refractivity contribution in [3.05, 3.63) is 28.0 Å². The molecule has 5 heteroatoms. The molecule has 3 N–H and O–H groups in total. The summed E-state index contributed by atoms with van der Waals surface area (Å²) in [5.74, 6) is 0.0608. The van der Waals surface area contributed by atoms with Gasteiger partial charge in [0.05, 0.1) is 15.7 Å². The molecular formula is C13H15BrFN3. The largest absolute Gasteiger partial charge is 0.376 e. The van der Waals surface area contributed by atoms with Gasteiger partial charge in [-0.25, -0.2) is 4.39 Å². The van der Waals surface area contributed by atoms with Gasteiger partial charge in [-0.15, -0.1) is 0 Å². The van der Waals surface area contributed by atoms with Crippen LogP contribution in [0.4, 0.5) is 10.1 Å². The number of nitrogens with one attached hydrogen (secondary N) is 1. The normalized spacial score (nSPS) is 17.9. The fourth-order valence-corrected chi connectivity index (χ4v) is 2.51. The maximum atomic E-state index is 14.1. The molecule has 0 aliphatic heterocycles. The van der Waals surface area contributed by atoms with E-state index in [0.717, 1.165) is 12.8 Å². The molecule has 1 aliphatic carbocycles. The maximum absolute atomic E-state index is 14.1. The van der Waals surface area contributed by atoms with E-state index in [-0.39, 0.29) is 10.0 Å². The van der Waals surface area contributed by atoms with Gasteiger partial charge in [-0.3, -0.25) is 0 Å². The molecule has 1 aliphatic rings. The molecule has 2 rings (SSSR count). The second-order valence-corrected chi connectivity index (χ2v) is 5.71. The lowest BCUT2D eigenvalue weighted by Crippen LogP contribution is -2.44. The highest BCUT2D eigenvalue weighted by Crippen LogP contribution is 2.41. The zero-order chi connectivity index (χ0) is 13.3. The van der Waals surface area contributed by atoms with Gasteiger partial charge in [-0.1, -0.05) is 0 Å². The van der Waals surface area contributed by atoms with Crippen molar-refractivity contribution in [2.45, 2.75) is 25.3 Å². The Morgan fingerprint density at radius 1 is 1.61 bits per heavy atom. The van der Waals surface area contributed by atoms with E-state index in [9.17, 15) is 4.39 Å². The summed E-state index contributed by atoms with van der Waals surface area (Å²) >= 11 is 3.10. The summed E-state index contributed by atoms with van der Waals surface area (Å²) in [6.07, 6.45) is 2.25. The van der Waals surface area contributed by atoms with Crippen LogP contribution in [0.1, 0.15) is 25.3 Å². The number of benzene rings is 1. The quantitative estimate of drug-likeness (QED) is 0.898. The van der Waals surface area contributed by atoms with Crippen LogP contribution in [0.25, 0.3) is 0 Å². The van der Waals surface area contributed by atoms with Crippen molar-refractivity contribution in [3.8, 4) is 6.07 Å². The van der Waals surface area contributed by atoms with Gasteiger partial charge in [0.25, 0.3) is 0 Å². The highest BCUT2D eigenvalue weighted by Gasteiger charge is 2.40. The summed E-state index contributed by atoms with van der Waals surface area (Å²) in [7, 11) is 0. The van der Waals surface area contributed by atoms with Crippen molar-refractivity contribution < 1.29 is 4.39 Å². The number of nitriles is 1. The highest BCUT2D eigenvalue weighted by atomic mass is 79.9. The third kappa shape index (κ3) is 2.36. The molecular weight excluding hydrogens is 297 g/mol. The Bertz CT molecular complexity index is 508. The summed E-state index contributed by atoms with van der Waals surface area (Å²) in [4.78, 5) is 0. The predicted octanol–water partition coefficient (Wildman–Crippen LogP) is 3.00. The van der Waals surface area contributed by atoms with Crippen LogP contribution < -0.4 is 11.1 Å². The van der Waals surface area contributed by atoms with Crippen molar-refractivity contribution in [2.75, 3.05) is 11.9 Å². The van der Waals surface area contributed by atoms with Crippen molar-refractivity contribution in [1.29, 1.82) is 5.26 Å². The third-order valence-corrected chi connectivity index (χ3v) is 4.30. The molecule has 1 fully saturated rings. The number of nitrogens with two attached hydrogens (primary N) is 1. The smallest absolute Gasteiger partial charge is 0.161 e. The summed E-state index contributed by atoms with van der Waals surface area (Å²) in [6.45, 7) is 2.46. The minimum absolute atomic E-state index is 0.199. The van der Waals surface area contributed by atoms with Crippen LogP contribution in [0.5, 0.6) is 0 Å². The first kappa shape index (κ1) is 13.3. The molecule has 1 unspecified atom stereocenters. The van der Waals surface area contributed by atoms with Gasteiger partial charge in [0, 0.05) is 12.1 Å². The number of halogens is 2. The van der Waals surface area contributed by atoms with Crippen molar-refractivity contribution >= 4 is 21.6 Å².